The molecule has 0 fully saturated rings. The molecule has 4 heteroatoms. The molecule has 0 aliphatic heterocycles. The van der Waals surface area contributed by atoms with Crippen molar-refractivity contribution < 1.29 is 4.39 Å². The lowest BCUT2D eigenvalue weighted by atomic mass is 10.1. The van der Waals surface area contributed by atoms with Crippen LogP contribution < -0.4 is 5.32 Å². The van der Waals surface area contributed by atoms with Gasteiger partial charge in [0.1, 0.15) is 5.82 Å². The number of benzene rings is 1. The largest absolute Gasteiger partial charge is 0.386 e. The Morgan fingerprint density at radius 3 is 2.25 bits per heavy atom. The molecule has 1 aromatic rings. The van der Waals surface area contributed by atoms with E-state index in [1.165, 1.54) is 6.07 Å². The maximum absolute atomic E-state index is 13.2. The van der Waals surface area contributed by atoms with Crippen molar-refractivity contribution in [2.45, 2.75) is 20.8 Å². The third-order valence-electron chi connectivity index (χ3n) is 1.85. The van der Waals surface area contributed by atoms with Gasteiger partial charge in [-0.3, -0.25) is 0 Å². The van der Waals surface area contributed by atoms with E-state index in [1.807, 2.05) is 13.8 Å². The van der Waals surface area contributed by atoms with Crippen molar-refractivity contribution in [3.63, 3.8) is 0 Å². The van der Waals surface area contributed by atoms with Crippen molar-refractivity contribution in [3.05, 3.63) is 34.1 Å². The number of nitrogens with one attached hydrogen (secondary N) is 1. The molecule has 1 nitrogen and oxygen atoms in total. The average molecular weight is 264 g/mol. The summed E-state index contributed by atoms with van der Waals surface area (Å²) < 4.78 is 13.2. The van der Waals surface area contributed by atoms with E-state index in [0.29, 0.717) is 21.8 Å². The van der Waals surface area contributed by atoms with Gasteiger partial charge in [0.25, 0.3) is 0 Å². The van der Waals surface area contributed by atoms with Crippen LogP contribution in [0.4, 0.5) is 10.1 Å². The molecule has 0 aliphatic carbocycles. The third-order valence-corrected chi connectivity index (χ3v) is 2.52. The van der Waals surface area contributed by atoms with Crippen LogP contribution in [0.25, 0.3) is 5.57 Å². The lowest BCUT2D eigenvalue weighted by molar-refractivity contribution is 0.628. The Bertz CT molecular complexity index is 389. The first-order valence-corrected chi connectivity index (χ1v) is 5.75. The minimum absolute atomic E-state index is 0.0475. The summed E-state index contributed by atoms with van der Waals surface area (Å²) in [6.45, 7) is 9.48. The number of halogens is 3. The van der Waals surface area contributed by atoms with E-state index in [4.69, 9.17) is 23.2 Å². The maximum Gasteiger partial charge on any atom is 0.144 e. The van der Waals surface area contributed by atoms with E-state index in [2.05, 4.69) is 11.9 Å². The average Bonchev–Trinajstić information content (AvgIpc) is 2.25. The van der Waals surface area contributed by atoms with Crippen molar-refractivity contribution >= 4 is 34.5 Å². The van der Waals surface area contributed by atoms with Crippen molar-refractivity contribution in [1.29, 1.82) is 0 Å². The second-order valence-electron chi connectivity index (χ2n) is 2.93. The highest BCUT2D eigenvalue weighted by atomic mass is 35.5. The first-order valence-electron chi connectivity index (χ1n) is 5.00. The summed E-state index contributed by atoms with van der Waals surface area (Å²) in [5.41, 5.74) is 1.80. The molecule has 16 heavy (non-hydrogen) atoms. The zero-order valence-electron chi connectivity index (χ0n) is 9.92. The first-order chi connectivity index (χ1) is 7.49. The monoisotopic (exact) mass is 263 g/mol. The highest BCUT2D eigenvalue weighted by Gasteiger charge is 2.15. The Labute approximate surface area is 106 Å². The topological polar surface area (TPSA) is 12.0 Å². The molecule has 0 saturated carbocycles. The van der Waals surface area contributed by atoms with Crippen molar-refractivity contribution in [2.75, 3.05) is 12.4 Å². The normalized spacial score (nSPS) is 9.19. The predicted octanol–water partition coefficient (Wildman–Crippen LogP) is 5.23. The summed E-state index contributed by atoms with van der Waals surface area (Å²) in [5, 5.41) is 3.22. The number of hydrogen-bond acceptors (Lipinski definition) is 1. The number of rotatable bonds is 2. The van der Waals surface area contributed by atoms with E-state index in [1.54, 1.807) is 14.0 Å². The van der Waals surface area contributed by atoms with Gasteiger partial charge in [0.15, 0.2) is 0 Å². The molecular weight excluding hydrogens is 248 g/mol. The molecule has 0 spiro atoms. The van der Waals surface area contributed by atoms with Gasteiger partial charge in [-0.25, -0.2) is 4.39 Å². The molecule has 1 N–H and O–H groups in total. The zero-order chi connectivity index (χ0) is 12.9. The van der Waals surface area contributed by atoms with Crippen LogP contribution in [-0.2, 0) is 0 Å². The smallest absolute Gasteiger partial charge is 0.144 e. The van der Waals surface area contributed by atoms with Gasteiger partial charge in [-0.1, -0.05) is 43.6 Å². The van der Waals surface area contributed by atoms with Gasteiger partial charge in [-0.05, 0) is 18.6 Å². The Morgan fingerprint density at radius 2 is 1.88 bits per heavy atom. The van der Waals surface area contributed by atoms with Crippen molar-refractivity contribution in [1.82, 2.24) is 0 Å². The molecule has 0 saturated heterocycles. The molecular formula is C12H16Cl2FN. The van der Waals surface area contributed by atoms with E-state index >= 15 is 0 Å². The fourth-order valence-electron chi connectivity index (χ4n) is 1.24. The van der Waals surface area contributed by atoms with E-state index in [-0.39, 0.29) is 5.02 Å². The number of allylic oxidation sites excluding steroid dienone is 1. The van der Waals surface area contributed by atoms with Crippen molar-refractivity contribution in [2.24, 2.45) is 0 Å². The Morgan fingerprint density at radius 1 is 1.38 bits per heavy atom. The fourth-order valence-corrected chi connectivity index (χ4v) is 1.84. The number of hydrogen-bond donors (Lipinski definition) is 1. The molecule has 90 valence electrons. The summed E-state index contributed by atoms with van der Waals surface area (Å²) >= 11 is 11.7. The Kier molecular flexibility index (Phi) is 6.46. The summed E-state index contributed by atoms with van der Waals surface area (Å²) in [7, 11) is 1.70. The highest BCUT2D eigenvalue weighted by Crippen LogP contribution is 2.37. The van der Waals surface area contributed by atoms with Crippen LogP contribution in [-0.4, -0.2) is 7.05 Å². The third kappa shape index (κ3) is 3.13. The Balaban J connectivity index is 0.00000106. The van der Waals surface area contributed by atoms with Gasteiger partial charge in [0.2, 0.25) is 0 Å². The molecule has 0 radical (unpaired) electrons. The second kappa shape index (κ2) is 6.77. The second-order valence-corrected chi connectivity index (χ2v) is 3.72. The molecule has 0 amide bonds. The van der Waals surface area contributed by atoms with Gasteiger partial charge in [-0.2, -0.15) is 0 Å². The summed E-state index contributed by atoms with van der Waals surface area (Å²) in [6.07, 6.45) is 0. The van der Waals surface area contributed by atoms with Gasteiger partial charge in [-0.15, -0.1) is 0 Å². The van der Waals surface area contributed by atoms with E-state index in [0.717, 1.165) is 0 Å². The lowest BCUT2D eigenvalue weighted by Crippen LogP contribution is -1.97. The van der Waals surface area contributed by atoms with Crippen LogP contribution in [0.15, 0.2) is 12.6 Å². The summed E-state index contributed by atoms with van der Waals surface area (Å²) in [4.78, 5) is 0. The minimum atomic E-state index is -0.534. The molecule has 0 atom stereocenters. The fraction of sp³-hybridized carbons (Fsp3) is 0.333. The Hall–Kier alpha value is -0.730. The van der Waals surface area contributed by atoms with Crippen LogP contribution in [0.5, 0.6) is 0 Å². The van der Waals surface area contributed by atoms with Crippen LogP contribution in [0.3, 0.4) is 0 Å². The predicted molar refractivity (Wildman–Crippen MR) is 72.0 cm³/mol. The van der Waals surface area contributed by atoms with Gasteiger partial charge >= 0.3 is 0 Å². The zero-order valence-corrected chi connectivity index (χ0v) is 11.4. The minimum Gasteiger partial charge on any atom is -0.386 e. The van der Waals surface area contributed by atoms with Crippen LogP contribution >= 0.6 is 23.2 Å². The lowest BCUT2D eigenvalue weighted by Gasteiger charge is -2.13. The van der Waals surface area contributed by atoms with E-state index < -0.39 is 5.82 Å². The molecule has 0 heterocycles. The highest BCUT2D eigenvalue weighted by molar-refractivity contribution is 6.37. The van der Waals surface area contributed by atoms with E-state index in [9.17, 15) is 4.39 Å². The first kappa shape index (κ1) is 15.3. The summed E-state index contributed by atoms with van der Waals surface area (Å²) in [6, 6.07) is 1.18. The van der Waals surface area contributed by atoms with Crippen LogP contribution in [0, 0.1) is 5.82 Å². The maximum atomic E-state index is 13.2. The molecule has 0 bridgehead atoms. The van der Waals surface area contributed by atoms with Gasteiger partial charge in [0, 0.05) is 12.6 Å². The van der Waals surface area contributed by atoms with Gasteiger partial charge < -0.3 is 5.32 Å². The molecule has 1 rings (SSSR count). The SMILES string of the molecule is C=C(C)c1c(Cl)c(F)cc(Cl)c1NC.CC. The molecule has 1 aromatic carbocycles. The number of anilines is 1. The van der Waals surface area contributed by atoms with Crippen molar-refractivity contribution in [3.8, 4) is 0 Å². The van der Waals surface area contributed by atoms with Crippen LogP contribution in [0.2, 0.25) is 10.0 Å². The standard InChI is InChI=1S/C10H10Cl2FN.C2H6/c1-5(2)8-9(12)7(13)4-6(11)10(8)14-3;1-2/h4,14H,1H2,2-3H3;1-2H3. The quantitative estimate of drug-likeness (QED) is 0.721. The summed E-state index contributed by atoms with van der Waals surface area (Å²) in [5.74, 6) is -0.534. The van der Waals surface area contributed by atoms with Gasteiger partial charge in [0.05, 0.1) is 15.7 Å². The van der Waals surface area contributed by atoms with Crippen LogP contribution in [0.1, 0.15) is 26.3 Å². The molecule has 0 aromatic heterocycles. The molecule has 0 aliphatic rings. The molecule has 0 unspecified atom stereocenters.